The van der Waals surface area contributed by atoms with Crippen molar-refractivity contribution in [3.63, 3.8) is 0 Å². The van der Waals surface area contributed by atoms with Crippen LogP contribution in [-0.4, -0.2) is 16.1 Å². The first kappa shape index (κ1) is 13.8. The van der Waals surface area contributed by atoms with Gasteiger partial charge >= 0.3 is 0 Å². The molecule has 0 amide bonds. The number of hydrogen-bond acceptors (Lipinski definition) is 3. The van der Waals surface area contributed by atoms with E-state index in [1.807, 2.05) is 48.5 Å². The minimum atomic E-state index is -1.20. The molecular formula is C15H14BrNO2S. The van der Waals surface area contributed by atoms with E-state index in [-0.39, 0.29) is 11.3 Å². The monoisotopic (exact) mass is 351 g/mol. The number of halogens is 1. The van der Waals surface area contributed by atoms with E-state index >= 15 is 0 Å². The summed E-state index contributed by atoms with van der Waals surface area (Å²) in [6.07, 6.45) is 0. The first-order valence-electron chi connectivity index (χ1n) is 6.30. The largest absolute Gasteiger partial charge is 0.492 e. The van der Waals surface area contributed by atoms with Crippen LogP contribution in [0, 0.1) is 0 Å². The van der Waals surface area contributed by atoms with Crippen molar-refractivity contribution in [3.8, 4) is 5.75 Å². The van der Waals surface area contributed by atoms with E-state index in [0.29, 0.717) is 6.61 Å². The standard InChI is InChI=1S/C15H14BrNO2S/c16-10-4-3-5-11(8-10)20(18)14-9-19-13-7-2-1-6-12(13)15(14)17/h1-8,14-15H,9,17H2. The summed E-state index contributed by atoms with van der Waals surface area (Å²) >= 11 is 3.40. The highest BCUT2D eigenvalue weighted by molar-refractivity contribution is 9.10. The molecule has 3 rings (SSSR count). The number of hydrogen-bond donors (Lipinski definition) is 1. The van der Waals surface area contributed by atoms with Gasteiger partial charge in [0.2, 0.25) is 0 Å². The van der Waals surface area contributed by atoms with Gasteiger partial charge in [-0.2, -0.15) is 0 Å². The molecule has 0 saturated heterocycles. The van der Waals surface area contributed by atoms with Crippen molar-refractivity contribution in [1.29, 1.82) is 0 Å². The zero-order valence-corrected chi connectivity index (χ0v) is 13.1. The Labute approximate surface area is 128 Å². The van der Waals surface area contributed by atoms with Crippen LogP contribution in [0.3, 0.4) is 0 Å². The molecule has 0 bridgehead atoms. The molecule has 2 aromatic carbocycles. The van der Waals surface area contributed by atoms with Crippen LogP contribution >= 0.6 is 15.9 Å². The van der Waals surface area contributed by atoms with Crippen LogP contribution in [0.25, 0.3) is 0 Å². The molecule has 20 heavy (non-hydrogen) atoms. The van der Waals surface area contributed by atoms with Crippen LogP contribution in [0.5, 0.6) is 5.75 Å². The second-order valence-electron chi connectivity index (χ2n) is 4.67. The highest BCUT2D eigenvalue weighted by Crippen LogP contribution is 2.34. The van der Waals surface area contributed by atoms with Gasteiger partial charge in [-0.25, -0.2) is 0 Å². The maximum atomic E-state index is 12.7. The van der Waals surface area contributed by atoms with Crippen molar-refractivity contribution < 1.29 is 8.95 Å². The van der Waals surface area contributed by atoms with Gasteiger partial charge < -0.3 is 10.5 Å². The lowest BCUT2D eigenvalue weighted by molar-refractivity contribution is 0.273. The normalized spacial score (nSPS) is 22.7. The van der Waals surface area contributed by atoms with Crippen LogP contribution in [0.1, 0.15) is 11.6 Å². The van der Waals surface area contributed by atoms with Gasteiger partial charge in [-0.05, 0) is 24.3 Å². The average molecular weight is 352 g/mol. The van der Waals surface area contributed by atoms with Crippen molar-refractivity contribution in [2.45, 2.75) is 16.2 Å². The minimum Gasteiger partial charge on any atom is -0.492 e. The Kier molecular flexibility index (Phi) is 3.92. The molecule has 0 spiro atoms. The summed E-state index contributed by atoms with van der Waals surface area (Å²) in [7, 11) is -1.20. The van der Waals surface area contributed by atoms with Gasteiger partial charge in [0.1, 0.15) is 12.4 Å². The van der Waals surface area contributed by atoms with Crippen LogP contribution in [-0.2, 0) is 10.8 Å². The molecule has 3 atom stereocenters. The molecule has 3 unspecified atom stereocenters. The summed E-state index contributed by atoms with van der Waals surface area (Å²) in [4.78, 5) is 0.766. The number of para-hydroxylation sites is 1. The number of rotatable bonds is 2. The molecule has 0 saturated carbocycles. The van der Waals surface area contributed by atoms with Crippen LogP contribution in [0.2, 0.25) is 0 Å². The van der Waals surface area contributed by atoms with Gasteiger partial charge in [0.15, 0.2) is 0 Å². The van der Waals surface area contributed by atoms with E-state index in [4.69, 9.17) is 10.5 Å². The van der Waals surface area contributed by atoms with Crippen molar-refractivity contribution in [2.24, 2.45) is 5.73 Å². The summed E-state index contributed by atoms with van der Waals surface area (Å²) in [5.41, 5.74) is 7.21. The van der Waals surface area contributed by atoms with Crippen LogP contribution in [0.15, 0.2) is 57.9 Å². The van der Waals surface area contributed by atoms with Gasteiger partial charge in [-0.15, -0.1) is 0 Å². The van der Waals surface area contributed by atoms with Gasteiger partial charge in [-0.1, -0.05) is 40.2 Å². The number of fused-ring (bicyclic) bond motifs is 1. The second-order valence-corrected chi connectivity index (χ2v) is 7.26. The lowest BCUT2D eigenvalue weighted by Crippen LogP contribution is -2.39. The molecule has 1 aliphatic rings. The Balaban J connectivity index is 1.91. The predicted molar refractivity (Wildman–Crippen MR) is 83.2 cm³/mol. The lowest BCUT2D eigenvalue weighted by Gasteiger charge is -2.30. The zero-order valence-electron chi connectivity index (χ0n) is 10.7. The zero-order chi connectivity index (χ0) is 14.1. The number of ether oxygens (including phenoxy) is 1. The fourth-order valence-corrected chi connectivity index (χ4v) is 4.29. The summed E-state index contributed by atoms with van der Waals surface area (Å²) in [5, 5.41) is -0.237. The molecule has 3 nitrogen and oxygen atoms in total. The van der Waals surface area contributed by atoms with E-state index in [2.05, 4.69) is 15.9 Å². The van der Waals surface area contributed by atoms with Crippen LogP contribution in [0.4, 0.5) is 0 Å². The molecular weight excluding hydrogens is 338 g/mol. The number of benzene rings is 2. The van der Waals surface area contributed by atoms with Gasteiger partial charge in [0.05, 0.1) is 22.1 Å². The fraction of sp³-hybridized carbons (Fsp3) is 0.200. The van der Waals surface area contributed by atoms with Crippen molar-refractivity contribution in [3.05, 3.63) is 58.6 Å². The van der Waals surface area contributed by atoms with E-state index in [9.17, 15) is 4.21 Å². The number of nitrogens with two attached hydrogens (primary N) is 1. The molecule has 2 aromatic rings. The Morgan fingerprint density at radius 3 is 2.80 bits per heavy atom. The summed E-state index contributed by atoms with van der Waals surface area (Å²) in [5.74, 6) is 0.794. The maximum absolute atomic E-state index is 12.7. The Bertz CT molecular complexity index is 662. The maximum Gasteiger partial charge on any atom is 0.124 e. The second kappa shape index (κ2) is 5.68. The molecule has 2 N–H and O–H groups in total. The SMILES string of the molecule is NC1c2ccccc2OCC1S(=O)c1cccc(Br)c1. The molecule has 0 radical (unpaired) electrons. The van der Waals surface area contributed by atoms with Crippen molar-refractivity contribution in [2.75, 3.05) is 6.61 Å². The lowest BCUT2D eigenvalue weighted by atomic mass is 10.0. The van der Waals surface area contributed by atoms with E-state index in [1.54, 1.807) is 0 Å². The molecule has 1 aliphatic heterocycles. The molecule has 5 heteroatoms. The van der Waals surface area contributed by atoms with Crippen molar-refractivity contribution in [1.82, 2.24) is 0 Å². The Morgan fingerprint density at radius 2 is 2.00 bits per heavy atom. The predicted octanol–water partition coefficient (Wildman–Crippen LogP) is 3.02. The van der Waals surface area contributed by atoms with Gasteiger partial charge in [0.25, 0.3) is 0 Å². The summed E-state index contributed by atoms with van der Waals surface area (Å²) < 4.78 is 19.3. The van der Waals surface area contributed by atoms with Crippen molar-refractivity contribution >= 4 is 26.7 Å². The molecule has 1 heterocycles. The molecule has 0 aromatic heterocycles. The molecule has 0 aliphatic carbocycles. The molecule has 0 fully saturated rings. The van der Waals surface area contributed by atoms with E-state index in [0.717, 1.165) is 20.7 Å². The van der Waals surface area contributed by atoms with E-state index < -0.39 is 10.8 Å². The highest BCUT2D eigenvalue weighted by atomic mass is 79.9. The van der Waals surface area contributed by atoms with Gasteiger partial charge in [0, 0.05) is 14.9 Å². The minimum absolute atomic E-state index is 0.237. The third-order valence-corrected chi connectivity index (χ3v) is 5.58. The summed E-state index contributed by atoms with van der Waals surface area (Å²) in [6.45, 7) is 0.372. The molecule has 104 valence electrons. The Hall–Kier alpha value is -1.17. The average Bonchev–Trinajstić information content (AvgIpc) is 2.47. The first-order valence-corrected chi connectivity index (χ1v) is 8.31. The summed E-state index contributed by atoms with van der Waals surface area (Å²) in [6, 6.07) is 14.9. The quantitative estimate of drug-likeness (QED) is 0.904. The first-order chi connectivity index (χ1) is 9.66. The smallest absolute Gasteiger partial charge is 0.124 e. The third-order valence-electron chi connectivity index (χ3n) is 3.39. The van der Waals surface area contributed by atoms with Gasteiger partial charge in [-0.3, -0.25) is 4.21 Å². The third kappa shape index (κ3) is 2.53. The van der Waals surface area contributed by atoms with Crippen LogP contribution < -0.4 is 10.5 Å². The Morgan fingerprint density at radius 1 is 1.20 bits per heavy atom. The highest BCUT2D eigenvalue weighted by Gasteiger charge is 2.33. The fourth-order valence-electron chi connectivity index (χ4n) is 2.33. The topological polar surface area (TPSA) is 52.3 Å². The van der Waals surface area contributed by atoms with E-state index in [1.165, 1.54) is 0 Å².